The number of aryl methyl sites for hydroxylation is 2. The van der Waals surface area contributed by atoms with E-state index >= 15 is 0 Å². The Morgan fingerprint density at radius 2 is 1.96 bits per heavy atom. The highest BCUT2D eigenvalue weighted by atomic mass is 35.5. The van der Waals surface area contributed by atoms with E-state index in [4.69, 9.17) is 25.8 Å². The molecule has 10 nitrogen and oxygen atoms in total. The van der Waals surface area contributed by atoms with Gasteiger partial charge in [-0.15, -0.1) is 4.36 Å². The van der Waals surface area contributed by atoms with Crippen LogP contribution in [0.25, 0.3) is 0 Å². The van der Waals surface area contributed by atoms with Crippen molar-refractivity contribution in [2.75, 3.05) is 44.6 Å². The minimum absolute atomic E-state index is 0.0178. The number of hydrogen-bond donors (Lipinski definition) is 1. The molecule has 1 aromatic heterocycles. The lowest BCUT2D eigenvalue weighted by molar-refractivity contribution is 0.0131. The third-order valence-corrected chi connectivity index (χ3v) is 14.9. The molecule has 0 saturated heterocycles. The number of carbonyl (C=O) groups excluding carboxylic acids is 2. The molecule has 0 radical (unpaired) electrons. The van der Waals surface area contributed by atoms with Crippen LogP contribution in [0, 0.1) is 17.8 Å². The molecule has 294 valence electrons. The second-order valence-corrected chi connectivity index (χ2v) is 18.9. The molecule has 3 aromatic rings. The summed E-state index contributed by atoms with van der Waals surface area (Å²) < 4.78 is 42.4. The number of benzene rings is 2. The SMILES string of the molecule is COC1CCCn2cc(C(=O)NS3(=O)=NC(=O)c4ccc5c(c4)N(C[C@@H]4CC[C@H]4[C@@H](OC)/C=C/C[C@H](C)C3)C[C@@]3(CCCc4cc(Cl)ccc43)CO5)cc2C1. The number of rotatable bonds is 4. The fraction of sp³-hybridized carbons (Fsp3) is 0.535. The zero-order chi connectivity index (χ0) is 38.3. The second-order valence-electron chi connectivity index (χ2n) is 16.5. The number of nitrogens with one attached hydrogen (secondary N) is 1. The number of ether oxygens (including phenoxy) is 3. The van der Waals surface area contributed by atoms with Crippen molar-refractivity contribution in [3.8, 4) is 5.75 Å². The number of fused-ring (bicyclic) bond motifs is 5. The molecule has 2 amide bonds. The van der Waals surface area contributed by atoms with Crippen molar-refractivity contribution < 1.29 is 28.0 Å². The van der Waals surface area contributed by atoms with Gasteiger partial charge in [-0.25, -0.2) is 4.21 Å². The molecule has 5 aliphatic rings. The summed E-state index contributed by atoms with van der Waals surface area (Å²) in [5.74, 6) is 0.174. The van der Waals surface area contributed by atoms with E-state index in [-0.39, 0.29) is 29.3 Å². The second kappa shape index (κ2) is 15.7. The number of allylic oxidation sites excluding steroid dienone is 1. The van der Waals surface area contributed by atoms with Gasteiger partial charge in [0.2, 0.25) is 0 Å². The van der Waals surface area contributed by atoms with Crippen molar-refractivity contribution in [3.05, 3.63) is 93.8 Å². The fourth-order valence-corrected chi connectivity index (χ4v) is 11.7. The minimum atomic E-state index is -3.54. The maximum atomic E-state index is 14.8. The zero-order valence-corrected chi connectivity index (χ0v) is 33.7. The normalized spacial score (nSPS) is 31.3. The largest absolute Gasteiger partial charge is 0.490 e. The van der Waals surface area contributed by atoms with Crippen LogP contribution in [0.2, 0.25) is 5.02 Å². The third-order valence-electron chi connectivity index (χ3n) is 12.7. The van der Waals surface area contributed by atoms with E-state index in [1.807, 2.05) is 31.2 Å². The van der Waals surface area contributed by atoms with Crippen LogP contribution in [0.1, 0.15) is 89.4 Å². The molecule has 4 heterocycles. The predicted octanol–water partition coefficient (Wildman–Crippen LogP) is 7.56. The summed E-state index contributed by atoms with van der Waals surface area (Å²) in [7, 11) is -0.0568. The lowest BCUT2D eigenvalue weighted by Gasteiger charge is -2.46. The lowest BCUT2D eigenvalue weighted by Crippen LogP contribution is -2.49. The van der Waals surface area contributed by atoms with Crippen LogP contribution >= 0.6 is 11.6 Å². The maximum Gasteiger partial charge on any atom is 0.286 e. The Balaban J connectivity index is 1.16. The Morgan fingerprint density at radius 3 is 2.76 bits per heavy atom. The van der Waals surface area contributed by atoms with E-state index < -0.39 is 21.7 Å². The molecule has 3 aliphatic heterocycles. The van der Waals surface area contributed by atoms with E-state index in [2.05, 4.69) is 42.8 Å². The maximum absolute atomic E-state index is 14.8. The van der Waals surface area contributed by atoms with Crippen molar-refractivity contribution in [2.24, 2.45) is 22.1 Å². The van der Waals surface area contributed by atoms with Gasteiger partial charge >= 0.3 is 0 Å². The Labute approximate surface area is 330 Å². The topological polar surface area (TPSA) is 111 Å². The first-order valence-corrected chi connectivity index (χ1v) is 21.9. The first-order valence-electron chi connectivity index (χ1n) is 19.9. The summed E-state index contributed by atoms with van der Waals surface area (Å²) in [5.41, 5.74) is 4.81. The average Bonchev–Trinajstić information content (AvgIpc) is 3.36. The molecule has 2 aliphatic carbocycles. The third kappa shape index (κ3) is 7.87. The quantitative estimate of drug-likeness (QED) is 0.272. The summed E-state index contributed by atoms with van der Waals surface area (Å²) in [6, 6.07) is 13.5. The van der Waals surface area contributed by atoms with Crippen LogP contribution in [-0.4, -0.2) is 72.5 Å². The van der Waals surface area contributed by atoms with Gasteiger partial charge in [-0.1, -0.05) is 36.7 Å². The zero-order valence-electron chi connectivity index (χ0n) is 32.1. The van der Waals surface area contributed by atoms with Gasteiger partial charge in [-0.05, 0) is 117 Å². The van der Waals surface area contributed by atoms with Crippen LogP contribution < -0.4 is 14.4 Å². The molecule has 7 atom stereocenters. The van der Waals surface area contributed by atoms with Crippen LogP contribution in [0.4, 0.5) is 5.69 Å². The van der Waals surface area contributed by atoms with Gasteiger partial charge in [0.05, 0.1) is 35.8 Å². The molecule has 1 fully saturated rings. The molecule has 1 spiro atoms. The van der Waals surface area contributed by atoms with Crippen molar-refractivity contribution in [1.82, 2.24) is 9.29 Å². The Kier molecular flexibility index (Phi) is 10.9. The summed E-state index contributed by atoms with van der Waals surface area (Å²) in [5, 5.41) is 0.743. The number of methoxy groups -OCH3 is 2. The Bertz CT molecular complexity index is 2110. The number of anilines is 1. The van der Waals surface area contributed by atoms with Crippen molar-refractivity contribution in [2.45, 2.75) is 88.9 Å². The van der Waals surface area contributed by atoms with Crippen molar-refractivity contribution in [1.29, 1.82) is 0 Å². The van der Waals surface area contributed by atoms with Crippen LogP contribution in [0.15, 0.2) is 65.2 Å². The highest BCUT2D eigenvalue weighted by Gasteiger charge is 2.44. The molecule has 2 aromatic carbocycles. The van der Waals surface area contributed by atoms with Gasteiger partial charge in [0, 0.05) is 68.2 Å². The molecule has 2 bridgehead atoms. The summed E-state index contributed by atoms with van der Waals surface area (Å²) in [4.78, 5) is 30.4. The standard InChI is InChI=1S/C43H53ClN4O6S/c1-28-7-4-10-39(53-3)36-14-11-31(36)23-48-26-43(17-5-8-29-19-33(44)13-15-37(29)43)27-54-40-16-12-30(21-38(40)48)41(49)45-55(51,25-28)46-42(50)32-20-34-22-35(52-2)9-6-18-47(34)24-32/h4,10,12-13,15-16,19-21,24,28,31,35-36,39H,5-9,11,14,17-18,22-23,25-27H2,1-3H3,(H,45,46,49,50,51)/b10-4+/t28-,31-,35?,36+,39-,43-,55?/m0/s1. The molecule has 55 heavy (non-hydrogen) atoms. The highest BCUT2D eigenvalue weighted by Crippen LogP contribution is 2.47. The minimum Gasteiger partial charge on any atom is -0.490 e. The number of carbonyl (C=O) groups is 2. The predicted molar refractivity (Wildman–Crippen MR) is 216 cm³/mol. The monoisotopic (exact) mass is 788 g/mol. The molecular formula is C43H53ClN4O6S. The van der Waals surface area contributed by atoms with Gasteiger partial charge in [0.25, 0.3) is 11.8 Å². The van der Waals surface area contributed by atoms with Crippen LogP contribution in [0.3, 0.4) is 0 Å². The van der Waals surface area contributed by atoms with E-state index in [0.717, 1.165) is 81.0 Å². The van der Waals surface area contributed by atoms with E-state index in [1.54, 1.807) is 26.5 Å². The van der Waals surface area contributed by atoms with Gasteiger partial charge < -0.3 is 23.7 Å². The number of aromatic nitrogens is 1. The fourth-order valence-electron chi connectivity index (χ4n) is 9.66. The lowest BCUT2D eigenvalue weighted by atomic mass is 9.68. The highest BCUT2D eigenvalue weighted by molar-refractivity contribution is 7.92. The van der Waals surface area contributed by atoms with E-state index in [1.165, 1.54) is 11.1 Å². The average molecular weight is 789 g/mol. The summed E-state index contributed by atoms with van der Waals surface area (Å²) in [6.45, 7) is 4.76. The summed E-state index contributed by atoms with van der Waals surface area (Å²) >= 11 is 6.48. The number of hydrogen-bond acceptors (Lipinski definition) is 7. The number of halogens is 1. The van der Waals surface area contributed by atoms with Crippen LogP contribution in [-0.2, 0) is 44.2 Å². The summed E-state index contributed by atoms with van der Waals surface area (Å²) in [6.07, 6.45) is 14.4. The molecule has 8 rings (SSSR count). The van der Waals surface area contributed by atoms with Crippen molar-refractivity contribution >= 4 is 39.0 Å². The number of amides is 2. The molecule has 12 heteroatoms. The first-order chi connectivity index (χ1) is 26.5. The van der Waals surface area contributed by atoms with Crippen LogP contribution in [0.5, 0.6) is 5.75 Å². The van der Waals surface area contributed by atoms with Crippen molar-refractivity contribution in [3.63, 3.8) is 0 Å². The molecular weight excluding hydrogens is 736 g/mol. The van der Waals surface area contributed by atoms with Gasteiger partial charge in [-0.2, -0.15) is 0 Å². The van der Waals surface area contributed by atoms with Gasteiger partial charge in [-0.3, -0.25) is 14.3 Å². The Hall–Kier alpha value is -3.64. The van der Waals surface area contributed by atoms with Gasteiger partial charge in [0.1, 0.15) is 15.7 Å². The molecule has 1 N–H and O–H groups in total. The molecule has 1 saturated carbocycles. The molecule has 2 unspecified atom stereocenters. The van der Waals surface area contributed by atoms with E-state index in [0.29, 0.717) is 48.2 Å². The van der Waals surface area contributed by atoms with E-state index in [9.17, 15) is 13.8 Å². The number of nitrogens with zero attached hydrogens (tertiary/aromatic N) is 3. The Morgan fingerprint density at radius 1 is 1.09 bits per heavy atom. The first kappa shape index (κ1) is 38.2. The smallest absolute Gasteiger partial charge is 0.286 e. The van der Waals surface area contributed by atoms with Gasteiger partial charge in [0.15, 0.2) is 0 Å².